The van der Waals surface area contributed by atoms with E-state index in [2.05, 4.69) is 142 Å². The summed E-state index contributed by atoms with van der Waals surface area (Å²) in [5.74, 6) is 2.08. The van der Waals surface area contributed by atoms with E-state index in [-0.39, 0.29) is 26.5 Å². The number of aryl methyl sites for hydroxylation is 1. The Morgan fingerprint density at radius 2 is 1.53 bits per heavy atom. The fraction of sp³-hybridized carbons (Fsp3) is 0.220. The van der Waals surface area contributed by atoms with Gasteiger partial charge in [-0.15, -0.1) is 29.7 Å². The maximum absolute atomic E-state index is 6.44. The van der Waals surface area contributed by atoms with E-state index in [4.69, 9.17) is 9.72 Å². The molecule has 0 radical (unpaired) electrons. The number of ether oxygens (including phenoxy) is 1. The number of benzene rings is 4. The zero-order chi connectivity index (χ0) is 32.3. The van der Waals surface area contributed by atoms with Crippen molar-refractivity contribution in [3.8, 4) is 28.7 Å². The van der Waals surface area contributed by atoms with E-state index in [1.807, 2.05) is 30.5 Å². The molecule has 6 heteroatoms. The first-order chi connectivity index (χ1) is 22.0. The van der Waals surface area contributed by atoms with Gasteiger partial charge in [0.2, 0.25) is 0 Å². The van der Waals surface area contributed by atoms with Crippen molar-refractivity contribution in [3.05, 3.63) is 137 Å². The van der Waals surface area contributed by atoms with Crippen LogP contribution in [0.2, 0.25) is 0 Å². The third kappa shape index (κ3) is 5.72. The van der Waals surface area contributed by atoms with E-state index in [1.54, 1.807) is 0 Å². The van der Waals surface area contributed by atoms with Crippen LogP contribution in [0, 0.1) is 53.1 Å². The van der Waals surface area contributed by atoms with Gasteiger partial charge in [0.05, 0.1) is 11.4 Å². The number of fused-ring (bicyclic) bond motifs is 3. The van der Waals surface area contributed by atoms with E-state index < -0.39 is 0 Å². The zero-order valence-electron chi connectivity index (χ0n) is 28.1. The summed E-state index contributed by atoms with van der Waals surface area (Å²) in [4.78, 5) is 4.80. The van der Waals surface area contributed by atoms with Gasteiger partial charge in [-0.25, -0.2) is 4.98 Å². The maximum Gasteiger partial charge on any atom is 0.267 e. The number of para-hydroxylation sites is 1. The topological polar surface area (TPSA) is 35.9 Å². The van der Waals surface area contributed by atoms with E-state index in [9.17, 15) is 0 Å². The summed E-state index contributed by atoms with van der Waals surface area (Å²) < 4.78 is 12.8. The van der Waals surface area contributed by atoms with Crippen molar-refractivity contribution in [2.75, 3.05) is 0 Å². The van der Waals surface area contributed by atoms with Gasteiger partial charge in [-0.3, -0.25) is 4.57 Å². The minimum atomic E-state index is 0. The van der Waals surface area contributed by atoms with Crippen molar-refractivity contribution in [1.29, 1.82) is 0 Å². The predicted molar refractivity (Wildman–Crippen MR) is 185 cm³/mol. The molecular weight excluding hydrogens is 760 g/mol. The quantitative estimate of drug-likeness (QED) is 0.129. The molecule has 0 unspecified atom stereocenters. The first kappa shape index (κ1) is 32.5. The summed E-state index contributed by atoms with van der Waals surface area (Å²) in [5, 5.41) is 2.25. The van der Waals surface area contributed by atoms with Crippen LogP contribution in [0.4, 0.5) is 0 Å². The second-order valence-electron chi connectivity index (χ2n) is 13.2. The van der Waals surface area contributed by atoms with Crippen molar-refractivity contribution >= 4 is 21.8 Å². The predicted octanol–water partition coefficient (Wildman–Crippen LogP) is 9.28. The molecule has 0 saturated heterocycles. The molecule has 0 aliphatic carbocycles. The van der Waals surface area contributed by atoms with Gasteiger partial charge < -0.3 is 13.9 Å². The fourth-order valence-corrected chi connectivity index (χ4v) is 6.15. The molecule has 0 aliphatic rings. The van der Waals surface area contributed by atoms with Gasteiger partial charge in [0, 0.05) is 50.0 Å². The van der Waals surface area contributed by atoms with Crippen LogP contribution in [-0.4, -0.2) is 14.1 Å². The van der Waals surface area contributed by atoms with Gasteiger partial charge in [0.1, 0.15) is 5.82 Å². The molecule has 0 amide bonds. The van der Waals surface area contributed by atoms with Crippen LogP contribution in [0.25, 0.3) is 39.0 Å². The van der Waals surface area contributed by atoms with Gasteiger partial charge >= 0.3 is 0 Å². The van der Waals surface area contributed by atoms with E-state index in [0.29, 0.717) is 11.5 Å². The third-order valence-corrected chi connectivity index (χ3v) is 9.28. The molecule has 4 aromatic carbocycles. The standard InChI is InChI=1S/C41H38N4O.Pt/c1-26-16-19-37(28(3)27(26)2)44-25-43(29(4)30(44)5)32-12-11-13-33(23-32)46-34-17-18-36-35-14-9-10-15-38(35)45(39(36)24-34)40-22-31(20-21-42-40)41(6,7)8;/h9-22H,1-8H3;/q-2;. The normalized spacial score (nSPS) is 11.7. The first-order valence-corrected chi connectivity index (χ1v) is 15.7. The minimum Gasteiger partial charge on any atom is -0.510 e. The van der Waals surface area contributed by atoms with Gasteiger partial charge in [0.25, 0.3) is 6.33 Å². The Hall–Kier alpha value is -4.47. The molecule has 7 rings (SSSR count). The molecular formula is C41H38N4OPt-2. The Balaban J connectivity index is 0.00000386. The fourth-order valence-electron chi connectivity index (χ4n) is 6.15. The third-order valence-electron chi connectivity index (χ3n) is 9.28. The van der Waals surface area contributed by atoms with E-state index in [0.717, 1.165) is 50.4 Å². The summed E-state index contributed by atoms with van der Waals surface area (Å²) in [6.45, 7) is 17.4. The Bertz CT molecular complexity index is 2290. The van der Waals surface area contributed by atoms with E-state index >= 15 is 0 Å². The number of aromatic nitrogens is 4. The van der Waals surface area contributed by atoms with Crippen LogP contribution in [0.3, 0.4) is 0 Å². The molecule has 0 saturated carbocycles. The molecule has 0 N–H and O–H groups in total. The molecule has 0 fully saturated rings. The summed E-state index contributed by atoms with van der Waals surface area (Å²) >= 11 is 0. The van der Waals surface area contributed by atoms with E-state index in [1.165, 1.54) is 22.3 Å². The number of hydrogen-bond acceptors (Lipinski definition) is 2. The number of imidazole rings is 1. The van der Waals surface area contributed by atoms with Crippen LogP contribution in [-0.2, 0) is 26.5 Å². The molecule has 3 heterocycles. The maximum atomic E-state index is 6.44. The average molecular weight is 798 g/mol. The monoisotopic (exact) mass is 797 g/mol. The molecule has 7 aromatic rings. The number of nitrogens with zero attached hydrogens (tertiary/aromatic N) is 4. The number of rotatable bonds is 5. The Morgan fingerprint density at radius 3 is 2.32 bits per heavy atom. The zero-order valence-corrected chi connectivity index (χ0v) is 30.4. The van der Waals surface area contributed by atoms with Crippen molar-refractivity contribution < 1.29 is 30.4 Å². The van der Waals surface area contributed by atoms with Gasteiger partial charge in [0.15, 0.2) is 0 Å². The second kappa shape index (κ2) is 12.3. The van der Waals surface area contributed by atoms with Gasteiger partial charge in [-0.05, 0) is 97.6 Å². The average Bonchev–Trinajstić information content (AvgIpc) is 3.53. The number of hydrogen-bond donors (Lipinski definition) is 0. The van der Waals surface area contributed by atoms with Crippen LogP contribution >= 0.6 is 0 Å². The first-order valence-electron chi connectivity index (χ1n) is 15.7. The molecule has 47 heavy (non-hydrogen) atoms. The summed E-state index contributed by atoms with van der Waals surface area (Å²) in [5.41, 5.74) is 11.3. The van der Waals surface area contributed by atoms with Gasteiger partial charge in [-0.2, -0.15) is 18.2 Å². The van der Waals surface area contributed by atoms with Crippen LogP contribution in [0.5, 0.6) is 11.5 Å². The molecule has 0 spiro atoms. The number of pyridine rings is 1. The molecule has 240 valence electrons. The van der Waals surface area contributed by atoms with Gasteiger partial charge in [-0.1, -0.05) is 50.6 Å². The van der Waals surface area contributed by atoms with Crippen molar-refractivity contribution in [1.82, 2.24) is 14.1 Å². The Labute approximate surface area is 291 Å². The van der Waals surface area contributed by atoms with Crippen molar-refractivity contribution in [2.24, 2.45) is 0 Å². The van der Waals surface area contributed by atoms with Crippen LogP contribution in [0.1, 0.15) is 54.4 Å². The van der Waals surface area contributed by atoms with Crippen LogP contribution in [0.15, 0.2) is 85.1 Å². The molecule has 0 aliphatic heterocycles. The Kier molecular flexibility index (Phi) is 8.48. The SMILES string of the molecule is Cc1ccc(-[n+]2[c-]n(-c3[c-]c(Oc4[c-]c5c(cc4)c4ccccc4n5-c4cc(C(C)(C)C)ccn4)ccc3)c(C)c2C)c(C)c1C.[Pt]. The largest absolute Gasteiger partial charge is 0.510 e. The molecule has 5 nitrogen and oxygen atoms in total. The van der Waals surface area contributed by atoms with Crippen molar-refractivity contribution in [2.45, 2.75) is 60.8 Å². The minimum absolute atomic E-state index is 0. The molecule has 0 bridgehead atoms. The van der Waals surface area contributed by atoms with Crippen molar-refractivity contribution in [3.63, 3.8) is 0 Å². The smallest absolute Gasteiger partial charge is 0.267 e. The molecule has 3 aromatic heterocycles. The summed E-state index contributed by atoms with van der Waals surface area (Å²) in [7, 11) is 0. The summed E-state index contributed by atoms with van der Waals surface area (Å²) in [6.07, 6.45) is 5.46. The second-order valence-corrected chi connectivity index (χ2v) is 13.2. The molecule has 0 atom stereocenters. The van der Waals surface area contributed by atoms with Crippen LogP contribution < -0.4 is 9.30 Å². The Morgan fingerprint density at radius 1 is 0.766 bits per heavy atom. The summed E-state index contributed by atoms with van der Waals surface area (Å²) in [6, 6.07) is 34.1.